The van der Waals surface area contributed by atoms with Crippen molar-refractivity contribution < 1.29 is 0 Å². The monoisotopic (exact) mass is 284 g/mol. The summed E-state index contributed by atoms with van der Waals surface area (Å²) in [4.78, 5) is 8.83. The fourth-order valence-electron chi connectivity index (χ4n) is 2.09. The minimum absolute atomic E-state index is 0.404. The van der Waals surface area contributed by atoms with Gasteiger partial charge >= 0.3 is 0 Å². The van der Waals surface area contributed by atoms with Gasteiger partial charge in [0.1, 0.15) is 5.15 Å². The van der Waals surface area contributed by atoms with Gasteiger partial charge in [0.25, 0.3) is 0 Å². The maximum atomic E-state index is 6.12. The summed E-state index contributed by atoms with van der Waals surface area (Å²) in [5.41, 5.74) is 2.88. The molecule has 2 heterocycles. The van der Waals surface area contributed by atoms with Crippen molar-refractivity contribution in [3.63, 3.8) is 0 Å². The third-order valence-electron chi connectivity index (χ3n) is 2.94. The summed E-state index contributed by atoms with van der Waals surface area (Å²) >= 11 is 6.12. The fraction of sp³-hybridized carbons (Fsp3) is 0.133. The van der Waals surface area contributed by atoms with Gasteiger partial charge < -0.3 is 0 Å². The van der Waals surface area contributed by atoms with Crippen LogP contribution in [0, 0.1) is 13.8 Å². The van der Waals surface area contributed by atoms with Crippen LogP contribution in [0.15, 0.2) is 42.5 Å². The van der Waals surface area contributed by atoms with Crippen LogP contribution in [0.2, 0.25) is 5.15 Å². The minimum atomic E-state index is 0.404. The number of halogens is 1. The Labute approximate surface area is 122 Å². The summed E-state index contributed by atoms with van der Waals surface area (Å²) in [7, 11) is 0. The SMILES string of the molecule is Cc1cc(C)n(-c2cc(Cl)nc(-c3ccccc3)n2)n1. The number of benzene rings is 1. The number of hydrogen-bond acceptors (Lipinski definition) is 3. The zero-order valence-corrected chi connectivity index (χ0v) is 12.0. The van der Waals surface area contributed by atoms with Crippen molar-refractivity contribution in [3.8, 4) is 17.2 Å². The van der Waals surface area contributed by atoms with Crippen molar-refractivity contribution in [2.45, 2.75) is 13.8 Å². The van der Waals surface area contributed by atoms with Crippen LogP contribution in [-0.4, -0.2) is 19.7 Å². The Morgan fingerprint density at radius 1 is 1.00 bits per heavy atom. The molecule has 0 unspecified atom stereocenters. The molecule has 0 saturated heterocycles. The number of rotatable bonds is 2. The lowest BCUT2D eigenvalue weighted by molar-refractivity contribution is 0.802. The predicted molar refractivity (Wildman–Crippen MR) is 79.1 cm³/mol. The van der Waals surface area contributed by atoms with E-state index in [1.54, 1.807) is 10.7 Å². The van der Waals surface area contributed by atoms with E-state index in [1.807, 2.05) is 50.2 Å². The average Bonchev–Trinajstić information content (AvgIpc) is 2.78. The highest BCUT2D eigenvalue weighted by Gasteiger charge is 2.10. The normalized spacial score (nSPS) is 10.8. The Kier molecular flexibility index (Phi) is 3.24. The molecule has 1 aromatic carbocycles. The number of nitrogens with zero attached hydrogens (tertiary/aromatic N) is 4. The number of aryl methyl sites for hydroxylation is 2. The van der Waals surface area contributed by atoms with Gasteiger partial charge in [-0.05, 0) is 19.9 Å². The van der Waals surface area contributed by atoms with Gasteiger partial charge in [0.2, 0.25) is 0 Å². The lowest BCUT2D eigenvalue weighted by Gasteiger charge is -2.06. The molecule has 0 bridgehead atoms. The fourth-order valence-corrected chi connectivity index (χ4v) is 2.27. The van der Waals surface area contributed by atoms with E-state index in [0.29, 0.717) is 16.8 Å². The highest BCUT2D eigenvalue weighted by molar-refractivity contribution is 6.29. The third kappa shape index (κ3) is 2.42. The van der Waals surface area contributed by atoms with Crippen LogP contribution in [0.5, 0.6) is 0 Å². The first kappa shape index (κ1) is 12.8. The van der Waals surface area contributed by atoms with Crippen LogP contribution >= 0.6 is 11.6 Å². The Bertz CT molecular complexity index is 750. The summed E-state index contributed by atoms with van der Waals surface area (Å²) in [6.45, 7) is 3.93. The Morgan fingerprint density at radius 3 is 2.40 bits per heavy atom. The summed E-state index contributed by atoms with van der Waals surface area (Å²) in [6.07, 6.45) is 0. The first-order chi connectivity index (χ1) is 9.63. The van der Waals surface area contributed by atoms with Crippen LogP contribution < -0.4 is 0 Å². The highest BCUT2D eigenvalue weighted by Crippen LogP contribution is 2.20. The van der Waals surface area contributed by atoms with Crippen molar-refractivity contribution in [2.75, 3.05) is 0 Å². The van der Waals surface area contributed by atoms with Gasteiger partial charge in [0.15, 0.2) is 11.6 Å². The molecule has 0 radical (unpaired) electrons. The Hall–Kier alpha value is -2.20. The molecule has 4 nitrogen and oxygen atoms in total. The highest BCUT2D eigenvalue weighted by atomic mass is 35.5. The molecule has 2 aromatic heterocycles. The molecule has 0 fully saturated rings. The summed E-state index contributed by atoms with van der Waals surface area (Å²) in [5, 5.41) is 4.83. The van der Waals surface area contributed by atoms with Crippen molar-refractivity contribution in [1.29, 1.82) is 0 Å². The first-order valence-electron chi connectivity index (χ1n) is 6.27. The molecule has 0 aliphatic heterocycles. The molecule has 5 heteroatoms. The summed E-state index contributed by atoms with van der Waals surface area (Å²) in [5.74, 6) is 1.27. The number of hydrogen-bond donors (Lipinski definition) is 0. The van der Waals surface area contributed by atoms with Crippen molar-refractivity contribution in [1.82, 2.24) is 19.7 Å². The molecular weight excluding hydrogens is 272 g/mol. The molecule has 0 atom stereocenters. The van der Waals surface area contributed by atoms with Gasteiger partial charge in [-0.2, -0.15) is 5.10 Å². The maximum Gasteiger partial charge on any atom is 0.163 e. The maximum absolute atomic E-state index is 6.12. The minimum Gasteiger partial charge on any atom is -0.219 e. The second-order valence-corrected chi connectivity index (χ2v) is 4.96. The van der Waals surface area contributed by atoms with Gasteiger partial charge in [-0.3, -0.25) is 0 Å². The Morgan fingerprint density at radius 2 is 1.75 bits per heavy atom. The van der Waals surface area contributed by atoms with E-state index in [-0.39, 0.29) is 0 Å². The molecule has 0 amide bonds. The largest absolute Gasteiger partial charge is 0.219 e. The van der Waals surface area contributed by atoms with E-state index in [4.69, 9.17) is 11.6 Å². The van der Waals surface area contributed by atoms with E-state index < -0.39 is 0 Å². The zero-order valence-electron chi connectivity index (χ0n) is 11.2. The molecule has 0 saturated carbocycles. The first-order valence-corrected chi connectivity index (χ1v) is 6.65. The van der Waals surface area contributed by atoms with E-state index in [1.165, 1.54) is 0 Å². The molecular formula is C15H13ClN4. The molecule has 20 heavy (non-hydrogen) atoms. The lowest BCUT2D eigenvalue weighted by atomic mass is 10.2. The average molecular weight is 285 g/mol. The van der Waals surface area contributed by atoms with Crippen LogP contribution in [0.4, 0.5) is 0 Å². The Balaban J connectivity index is 2.14. The van der Waals surface area contributed by atoms with E-state index in [2.05, 4.69) is 15.1 Å². The summed E-state index contributed by atoms with van der Waals surface area (Å²) in [6, 6.07) is 13.5. The molecule has 3 rings (SSSR count). The quantitative estimate of drug-likeness (QED) is 0.675. The van der Waals surface area contributed by atoms with E-state index in [0.717, 1.165) is 17.0 Å². The van der Waals surface area contributed by atoms with E-state index in [9.17, 15) is 0 Å². The topological polar surface area (TPSA) is 43.6 Å². The van der Waals surface area contributed by atoms with Gasteiger partial charge in [-0.1, -0.05) is 41.9 Å². The lowest BCUT2D eigenvalue weighted by Crippen LogP contribution is -2.04. The van der Waals surface area contributed by atoms with Crippen LogP contribution in [0.25, 0.3) is 17.2 Å². The molecule has 0 aliphatic carbocycles. The van der Waals surface area contributed by atoms with Gasteiger partial charge in [0.05, 0.1) is 5.69 Å². The standard InChI is InChI=1S/C15H13ClN4/c1-10-8-11(2)20(19-10)14-9-13(16)17-15(18-14)12-6-4-3-5-7-12/h3-9H,1-2H3. The molecule has 100 valence electrons. The smallest absolute Gasteiger partial charge is 0.163 e. The molecule has 0 spiro atoms. The van der Waals surface area contributed by atoms with Gasteiger partial charge in [-0.25, -0.2) is 14.6 Å². The second-order valence-electron chi connectivity index (χ2n) is 4.58. The number of aromatic nitrogens is 4. The molecule has 0 N–H and O–H groups in total. The van der Waals surface area contributed by atoms with Crippen LogP contribution in [-0.2, 0) is 0 Å². The third-order valence-corrected chi connectivity index (χ3v) is 3.13. The van der Waals surface area contributed by atoms with Crippen molar-refractivity contribution >= 4 is 11.6 Å². The van der Waals surface area contributed by atoms with E-state index >= 15 is 0 Å². The zero-order chi connectivity index (χ0) is 14.1. The van der Waals surface area contributed by atoms with Crippen molar-refractivity contribution in [2.24, 2.45) is 0 Å². The van der Waals surface area contributed by atoms with Gasteiger partial charge in [0, 0.05) is 17.3 Å². The van der Waals surface area contributed by atoms with Crippen molar-refractivity contribution in [3.05, 3.63) is 59.0 Å². The van der Waals surface area contributed by atoms with Gasteiger partial charge in [-0.15, -0.1) is 0 Å². The molecule has 0 aliphatic rings. The summed E-state index contributed by atoms with van der Waals surface area (Å²) < 4.78 is 1.77. The second kappa shape index (κ2) is 5.06. The predicted octanol–water partition coefficient (Wildman–Crippen LogP) is 3.60. The van der Waals surface area contributed by atoms with Crippen LogP contribution in [0.3, 0.4) is 0 Å². The molecule has 3 aromatic rings. The van der Waals surface area contributed by atoms with Crippen LogP contribution in [0.1, 0.15) is 11.4 Å².